The molecule has 1 aliphatic rings. The Kier molecular flexibility index (Phi) is 4.44. The summed E-state index contributed by atoms with van der Waals surface area (Å²) in [6.45, 7) is 0.670. The number of hydrogen-bond donors (Lipinski definition) is 1. The quantitative estimate of drug-likeness (QED) is 0.503. The van der Waals surface area contributed by atoms with Crippen LogP contribution in [0.2, 0.25) is 0 Å². The third-order valence-corrected chi connectivity index (χ3v) is 5.29. The molecule has 0 aliphatic carbocycles. The lowest BCUT2D eigenvalue weighted by Gasteiger charge is -2.16. The summed E-state index contributed by atoms with van der Waals surface area (Å²) in [6, 6.07) is 20.8. The number of para-hydroxylation sites is 1. The van der Waals surface area contributed by atoms with Gasteiger partial charge < -0.3 is 14.9 Å². The molecule has 4 aromatic rings. The van der Waals surface area contributed by atoms with Gasteiger partial charge in [0.2, 0.25) is 6.79 Å². The number of ether oxygens (including phenoxy) is 2. The number of aromatic nitrogens is 2. The van der Waals surface area contributed by atoms with E-state index in [1.54, 1.807) is 6.07 Å². The van der Waals surface area contributed by atoms with Crippen LogP contribution in [0.3, 0.4) is 0 Å². The number of nitrogens with one attached hydrogen (secondary N) is 1. The van der Waals surface area contributed by atoms with E-state index in [2.05, 4.69) is 21.4 Å². The van der Waals surface area contributed by atoms with E-state index in [0.29, 0.717) is 34.8 Å². The predicted octanol–water partition coefficient (Wildman–Crippen LogP) is 4.30. The zero-order valence-electron chi connectivity index (χ0n) is 15.3. The SMILES string of the molecule is O=c1c2ccccc2nc(-c2ccc3c(c2)OCO3)n1NCc1ccc(Br)cc1. The van der Waals surface area contributed by atoms with Crippen molar-refractivity contribution < 1.29 is 9.47 Å². The van der Waals surface area contributed by atoms with Crippen LogP contribution in [0.1, 0.15) is 5.56 Å². The van der Waals surface area contributed by atoms with Gasteiger partial charge in [-0.2, -0.15) is 0 Å². The molecule has 0 saturated heterocycles. The van der Waals surface area contributed by atoms with E-state index in [-0.39, 0.29) is 12.4 Å². The van der Waals surface area contributed by atoms with Crippen molar-refractivity contribution in [3.05, 3.63) is 87.1 Å². The summed E-state index contributed by atoms with van der Waals surface area (Å²) in [5.41, 5.74) is 5.53. The highest BCUT2D eigenvalue weighted by Crippen LogP contribution is 2.35. The van der Waals surface area contributed by atoms with E-state index in [0.717, 1.165) is 15.6 Å². The molecule has 0 radical (unpaired) electrons. The van der Waals surface area contributed by atoms with Crippen LogP contribution in [-0.4, -0.2) is 16.5 Å². The normalized spacial score (nSPS) is 12.3. The number of nitrogens with zero attached hydrogens (tertiary/aromatic N) is 2. The molecule has 29 heavy (non-hydrogen) atoms. The molecule has 0 atom stereocenters. The van der Waals surface area contributed by atoms with Gasteiger partial charge in [0.1, 0.15) is 0 Å². The average molecular weight is 450 g/mol. The maximum atomic E-state index is 13.2. The minimum atomic E-state index is -0.152. The molecular weight excluding hydrogens is 434 g/mol. The molecule has 5 rings (SSSR count). The van der Waals surface area contributed by atoms with Crippen molar-refractivity contribution in [2.75, 3.05) is 12.2 Å². The standard InChI is InChI=1S/C22H16BrN3O3/c23-16-8-5-14(6-9-16)12-24-26-21(15-7-10-19-20(11-15)29-13-28-19)25-18-4-2-1-3-17(18)22(26)27/h1-11,24H,12-13H2. The van der Waals surface area contributed by atoms with Crippen LogP contribution >= 0.6 is 15.9 Å². The van der Waals surface area contributed by atoms with Crippen molar-refractivity contribution in [3.8, 4) is 22.9 Å². The summed E-state index contributed by atoms with van der Waals surface area (Å²) >= 11 is 3.44. The lowest BCUT2D eigenvalue weighted by molar-refractivity contribution is 0.174. The molecule has 0 fully saturated rings. The van der Waals surface area contributed by atoms with Crippen LogP contribution < -0.4 is 20.5 Å². The zero-order valence-corrected chi connectivity index (χ0v) is 16.8. The molecule has 0 bridgehead atoms. The third-order valence-electron chi connectivity index (χ3n) is 4.76. The fourth-order valence-corrected chi connectivity index (χ4v) is 3.55. The maximum Gasteiger partial charge on any atom is 0.280 e. The van der Waals surface area contributed by atoms with Crippen molar-refractivity contribution in [1.82, 2.24) is 9.66 Å². The topological polar surface area (TPSA) is 65.4 Å². The molecule has 0 spiro atoms. The molecule has 1 aliphatic heterocycles. The highest BCUT2D eigenvalue weighted by atomic mass is 79.9. The Morgan fingerprint density at radius 2 is 1.79 bits per heavy atom. The molecule has 1 N–H and O–H groups in total. The number of rotatable bonds is 4. The smallest absolute Gasteiger partial charge is 0.280 e. The van der Waals surface area contributed by atoms with Crippen molar-refractivity contribution in [2.24, 2.45) is 0 Å². The van der Waals surface area contributed by atoms with Crippen molar-refractivity contribution >= 4 is 26.8 Å². The summed E-state index contributed by atoms with van der Waals surface area (Å²) in [4.78, 5) is 18.0. The van der Waals surface area contributed by atoms with Gasteiger partial charge in [0.15, 0.2) is 17.3 Å². The van der Waals surface area contributed by atoms with Gasteiger partial charge in [-0.3, -0.25) is 4.79 Å². The maximum absolute atomic E-state index is 13.2. The summed E-state index contributed by atoms with van der Waals surface area (Å²) in [7, 11) is 0. The summed E-state index contributed by atoms with van der Waals surface area (Å²) in [6.07, 6.45) is 0. The van der Waals surface area contributed by atoms with Gasteiger partial charge in [0, 0.05) is 10.0 Å². The van der Waals surface area contributed by atoms with Crippen molar-refractivity contribution in [1.29, 1.82) is 0 Å². The van der Waals surface area contributed by atoms with E-state index < -0.39 is 0 Å². The Morgan fingerprint density at radius 1 is 1.00 bits per heavy atom. The van der Waals surface area contributed by atoms with Crippen LogP contribution in [0.25, 0.3) is 22.3 Å². The molecule has 3 aromatic carbocycles. The fourth-order valence-electron chi connectivity index (χ4n) is 3.28. The monoisotopic (exact) mass is 449 g/mol. The number of benzene rings is 3. The first-order valence-corrected chi connectivity index (χ1v) is 9.88. The molecule has 0 unspecified atom stereocenters. The van der Waals surface area contributed by atoms with Crippen LogP contribution in [0.5, 0.6) is 11.5 Å². The number of halogens is 1. The Labute approximate surface area is 174 Å². The first kappa shape index (κ1) is 17.8. The van der Waals surface area contributed by atoms with Gasteiger partial charge in [-0.1, -0.05) is 40.2 Å². The highest BCUT2D eigenvalue weighted by Gasteiger charge is 2.18. The molecular formula is C22H16BrN3O3. The summed E-state index contributed by atoms with van der Waals surface area (Å²) in [5.74, 6) is 1.85. The Morgan fingerprint density at radius 3 is 2.66 bits per heavy atom. The van der Waals surface area contributed by atoms with Gasteiger partial charge in [-0.15, -0.1) is 0 Å². The van der Waals surface area contributed by atoms with E-state index >= 15 is 0 Å². The minimum absolute atomic E-state index is 0.152. The largest absolute Gasteiger partial charge is 0.454 e. The summed E-state index contributed by atoms with van der Waals surface area (Å²) < 4.78 is 13.4. The van der Waals surface area contributed by atoms with Crippen LogP contribution in [-0.2, 0) is 6.54 Å². The lowest BCUT2D eigenvalue weighted by atomic mass is 10.1. The molecule has 0 amide bonds. The predicted molar refractivity (Wildman–Crippen MR) is 115 cm³/mol. The second-order valence-electron chi connectivity index (χ2n) is 6.62. The van der Waals surface area contributed by atoms with E-state index in [9.17, 15) is 4.79 Å². The highest BCUT2D eigenvalue weighted by molar-refractivity contribution is 9.10. The molecule has 7 heteroatoms. The molecule has 144 valence electrons. The van der Waals surface area contributed by atoms with Gasteiger partial charge in [0.25, 0.3) is 5.56 Å². The average Bonchev–Trinajstić information content (AvgIpc) is 3.22. The van der Waals surface area contributed by atoms with Crippen LogP contribution in [0, 0.1) is 0 Å². The second-order valence-corrected chi connectivity index (χ2v) is 7.54. The first-order valence-electron chi connectivity index (χ1n) is 9.09. The molecule has 6 nitrogen and oxygen atoms in total. The number of fused-ring (bicyclic) bond motifs is 2. The van der Waals surface area contributed by atoms with Gasteiger partial charge in [0.05, 0.1) is 17.4 Å². The van der Waals surface area contributed by atoms with Crippen LogP contribution in [0.4, 0.5) is 0 Å². The van der Waals surface area contributed by atoms with E-state index in [1.807, 2.05) is 60.7 Å². The van der Waals surface area contributed by atoms with E-state index in [1.165, 1.54) is 4.68 Å². The first-order chi connectivity index (χ1) is 14.2. The van der Waals surface area contributed by atoms with Crippen molar-refractivity contribution in [3.63, 3.8) is 0 Å². The van der Waals surface area contributed by atoms with Gasteiger partial charge >= 0.3 is 0 Å². The number of hydrogen-bond acceptors (Lipinski definition) is 5. The Bertz CT molecular complexity index is 1270. The zero-order chi connectivity index (χ0) is 19.8. The van der Waals surface area contributed by atoms with Gasteiger partial charge in [-0.25, -0.2) is 9.66 Å². The molecule has 0 saturated carbocycles. The minimum Gasteiger partial charge on any atom is -0.454 e. The second kappa shape index (κ2) is 7.25. The van der Waals surface area contributed by atoms with Crippen LogP contribution in [0.15, 0.2) is 76.0 Å². The lowest BCUT2D eigenvalue weighted by Crippen LogP contribution is -2.31. The molecule has 2 heterocycles. The molecule has 1 aromatic heterocycles. The fraction of sp³-hybridized carbons (Fsp3) is 0.0909. The summed E-state index contributed by atoms with van der Waals surface area (Å²) in [5, 5.41) is 0.556. The van der Waals surface area contributed by atoms with E-state index in [4.69, 9.17) is 14.5 Å². The van der Waals surface area contributed by atoms with Crippen molar-refractivity contribution in [2.45, 2.75) is 6.54 Å². The Balaban J connectivity index is 1.62. The van der Waals surface area contributed by atoms with Gasteiger partial charge in [-0.05, 0) is 48.0 Å². The Hall–Kier alpha value is -3.32. The third kappa shape index (κ3) is 3.34.